The molecule has 0 aliphatic heterocycles. The summed E-state index contributed by atoms with van der Waals surface area (Å²) in [7, 11) is -1.91. The predicted octanol–water partition coefficient (Wildman–Crippen LogP) is 2.82. The highest BCUT2D eigenvalue weighted by molar-refractivity contribution is 7.90. The predicted molar refractivity (Wildman–Crippen MR) is 89.6 cm³/mol. The first-order valence-corrected chi connectivity index (χ1v) is 9.01. The fraction of sp³-hybridized carbons (Fsp3) is 0.250. The second kappa shape index (κ2) is 6.96. The molecule has 0 aliphatic carbocycles. The van der Waals surface area contributed by atoms with Gasteiger partial charge in [-0.25, -0.2) is 12.8 Å². The molecule has 0 aromatic heterocycles. The van der Waals surface area contributed by atoms with Crippen LogP contribution in [-0.2, 0) is 16.3 Å². The van der Waals surface area contributed by atoms with Gasteiger partial charge < -0.3 is 4.90 Å². The number of anilines is 1. The molecule has 2 aromatic carbocycles. The lowest BCUT2D eigenvalue weighted by Gasteiger charge is -2.21. The summed E-state index contributed by atoms with van der Waals surface area (Å²) >= 11 is 0. The Kier molecular flexibility index (Phi) is 5.18. The molecule has 0 heterocycles. The SMILES string of the molecule is CN(CCc1ccc(F)cc1)c1ccc([N+](=O)[O-])cc1S(C)(=O)=O. The lowest BCUT2D eigenvalue weighted by atomic mass is 10.1. The van der Waals surface area contributed by atoms with E-state index >= 15 is 0 Å². The summed E-state index contributed by atoms with van der Waals surface area (Å²) in [5.74, 6) is -0.318. The number of halogens is 1. The number of nitro groups is 1. The van der Waals surface area contributed by atoms with Crippen molar-refractivity contribution in [3.05, 3.63) is 64.0 Å². The van der Waals surface area contributed by atoms with Gasteiger partial charge in [0.1, 0.15) is 5.82 Å². The fourth-order valence-electron chi connectivity index (χ4n) is 2.30. The van der Waals surface area contributed by atoms with E-state index in [2.05, 4.69) is 0 Å². The molecule has 0 saturated carbocycles. The Morgan fingerprint density at radius 2 is 1.79 bits per heavy atom. The third kappa shape index (κ3) is 4.29. The minimum Gasteiger partial charge on any atom is -0.373 e. The van der Waals surface area contributed by atoms with Crippen molar-refractivity contribution in [3.63, 3.8) is 0 Å². The largest absolute Gasteiger partial charge is 0.373 e. The van der Waals surface area contributed by atoms with Crippen molar-refractivity contribution in [2.45, 2.75) is 11.3 Å². The zero-order valence-corrected chi connectivity index (χ0v) is 14.1. The summed E-state index contributed by atoms with van der Waals surface area (Å²) in [4.78, 5) is 11.9. The second-order valence-electron chi connectivity index (χ2n) is 5.48. The molecule has 24 heavy (non-hydrogen) atoms. The Balaban J connectivity index is 2.26. The number of hydrogen-bond acceptors (Lipinski definition) is 5. The van der Waals surface area contributed by atoms with E-state index < -0.39 is 14.8 Å². The van der Waals surface area contributed by atoms with E-state index in [1.165, 1.54) is 24.3 Å². The van der Waals surface area contributed by atoms with Gasteiger partial charge in [0.15, 0.2) is 9.84 Å². The van der Waals surface area contributed by atoms with Gasteiger partial charge in [0, 0.05) is 32.0 Å². The zero-order valence-electron chi connectivity index (χ0n) is 13.3. The van der Waals surface area contributed by atoms with Crippen molar-refractivity contribution in [2.75, 3.05) is 24.7 Å². The number of nitrogens with zero attached hydrogens (tertiary/aromatic N) is 2. The van der Waals surface area contributed by atoms with Gasteiger partial charge in [0.2, 0.25) is 0 Å². The second-order valence-corrected chi connectivity index (χ2v) is 7.46. The van der Waals surface area contributed by atoms with Gasteiger partial charge in [-0.1, -0.05) is 12.1 Å². The van der Waals surface area contributed by atoms with Crippen LogP contribution in [0.4, 0.5) is 15.8 Å². The van der Waals surface area contributed by atoms with Gasteiger partial charge in [-0.3, -0.25) is 10.1 Å². The molecule has 0 N–H and O–H groups in total. The quantitative estimate of drug-likeness (QED) is 0.590. The molecular formula is C16H17FN2O4S. The van der Waals surface area contributed by atoms with E-state index in [0.29, 0.717) is 18.7 Å². The standard InChI is InChI=1S/C16H17FN2O4S/c1-18(10-9-12-3-5-13(17)6-4-12)15-8-7-14(19(20)21)11-16(15)24(2,22)23/h3-8,11H,9-10H2,1-2H3. The Hall–Kier alpha value is -2.48. The highest BCUT2D eigenvalue weighted by Gasteiger charge is 2.20. The summed E-state index contributed by atoms with van der Waals surface area (Å²) in [6.45, 7) is 0.478. The topological polar surface area (TPSA) is 80.5 Å². The Labute approximate surface area is 139 Å². The first-order chi connectivity index (χ1) is 11.2. The van der Waals surface area contributed by atoms with Gasteiger partial charge in [-0.2, -0.15) is 0 Å². The third-order valence-corrected chi connectivity index (χ3v) is 4.74. The van der Waals surface area contributed by atoms with Crippen molar-refractivity contribution in [1.82, 2.24) is 0 Å². The van der Waals surface area contributed by atoms with Crippen LogP contribution in [0.25, 0.3) is 0 Å². The highest BCUT2D eigenvalue weighted by atomic mass is 32.2. The number of benzene rings is 2. The normalized spacial score (nSPS) is 11.3. The van der Waals surface area contributed by atoms with E-state index in [9.17, 15) is 22.9 Å². The molecule has 8 heteroatoms. The maximum Gasteiger partial charge on any atom is 0.270 e. The molecule has 0 fully saturated rings. The van der Waals surface area contributed by atoms with Gasteiger partial charge in [-0.05, 0) is 30.2 Å². The molecule has 0 bridgehead atoms. The Morgan fingerprint density at radius 1 is 1.17 bits per heavy atom. The van der Waals surface area contributed by atoms with Crippen molar-refractivity contribution in [2.24, 2.45) is 0 Å². The molecule has 0 spiro atoms. The van der Waals surface area contributed by atoms with Crippen LogP contribution in [0.15, 0.2) is 47.4 Å². The summed E-state index contributed by atoms with van der Waals surface area (Å²) < 4.78 is 36.8. The van der Waals surface area contributed by atoms with Crippen molar-refractivity contribution in [1.29, 1.82) is 0 Å². The van der Waals surface area contributed by atoms with Crippen molar-refractivity contribution >= 4 is 21.2 Å². The molecule has 0 saturated heterocycles. The number of rotatable bonds is 6. The van der Waals surface area contributed by atoms with Crippen LogP contribution in [0.5, 0.6) is 0 Å². The zero-order chi connectivity index (χ0) is 17.9. The molecule has 0 radical (unpaired) electrons. The first-order valence-electron chi connectivity index (χ1n) is 7.12. The lowest BCUT2D eigenvalue weighted by molar-refractivity contribution is -0.385. The summed E-state index contributed by atoms with van der Waals surface area (Å²) in [6, 6.07) is 9.83. The summed E-state index contributed by atoms with van der Waals surface area (Å²) in [5.41, 5.74) is 1.03. The van der Waals surface area contributed by atoms with Crippen LogP contribution in [0, 0.1) is 15.9 Å². The first kappa shape index (κ1) is 17.9. The average Bonchev–Trinajstić information content (AvgIpc) is 2.52. The molecule has 6 nitrogen and oxygen atoms in total. The van der Waals surface area contributed by atoms with E-state index in [-0.39, 0.29) is 16.4 Å². The molecule has 2 rings (SSSR count). The molecule has 0 amide bonds. The van der Waals surface area contributed by atoms with E-state index in [1.54, 1.807) is 24.1 Å². The number of hydrogen-bond donors (Lipinski definition) is 0. The lowest BCUT2D eigenvalue weighted by Crippen LogP contribution is -2.22. The number of nitro benzene ring substituents is 1. The third-order valence-electron chi connectivity index (χ3n) is 3.61. The molecule has 0 unspecified atom stereocenters. The van der Waals surface area contributed by atoms with Crippen LogP contribution < -0.4 is 4.90 Å². The minimum absolute atomic E-state index is 0.0849. The fourth-order valence-corrected chi connectivity index (χ4v) is 3.24. The summed E-state index contributed by atoms with van der Waals surface area (Å²) in [5, 5.41) is 10.9. The van der Waals surface area contributed by atoms with Crippen molar-refractivity contribution < 1.29 is 17.7 Å². The van der Waals surface area contributed by atoms with Crippen LogP contribution in [0.2, 0.25) is 0 Å². The number of likely N-dealkylation sites (N-methyl/N-ethyl adjacent to an activating group) is 1. The molecule has 0 atom stereocenters. The van der Waals surface area contributed by atoms with E-state index in [1.807, 2.05) is 0 Å². The average molecular weight is 352 g/mol. The van der Waals surface area contributed by atoms with Crippen LogP contribution >= 0.6 is 0 Å². The summed E-state index contributed by atoms with van der Waals surface area (Å²) in [6.07, 6.45) is 1.60. The van der Waals surface area contributed by atoms with Gasteiger partial charge in [0.05, 0.1) is 15.5 Å². The Bertz CT molecular complexity index is 851. The number of non-ortho nitro benzene ring substituents is 1. The van der Waals surface area contributed by atoms with Crippen LogP contribution in [-0.4, -0.2) is 33.2 Å². The molecule has 2 aromatic rings. The van der Waals surface area contributed by atoms with Crippen LogP contribution in [0.1, 0.15) is 5.56 Å². The van der Waals surface area contributed by atoms with Gasteiger partial charge in [0.25, 0.3) is 5.69 Å². The Morgan fingerprint density at radius 3 is 2.33 bits per heavy atom. The van der Waals surface area contributed by atoms with E-state index in [4.69, 9.17) is 0 Å². The number of sulfone groups is 1. The maximum atomic E-state index is 12.9. The highest BCUT2D eigenvalue weighted by Crippen LogP contribution is 2.29. The molecular weight excluding hydrogens is 335 g/mol. The minimum atomic E-state index is -3.62. The van der Waals surface area contributed by atoms with Gasteiger partial charge >= 0.3 is 0 Å². The monoisotopic (exact) mass is 352 g/mol. The molecule has 128 valence electrons. The van der Waals surface area contributed by atoms with Crippen LogP contribution in [0.3, 0.4) is 0 Å². The smallest absolute Gasteiger partial charge is 0.270 e. The maximum absolute atomic E-state index is 12.9. The molecule has 0 aliphatic rings. The van der Waals surface area contributed by atoms with E-state index in [0.717, 1.165) is 17.9 Å². The van der Waals surface area contributed by atoms with Crippen molar-refractivity contribution in [3.8, 4) is 0 Å². The van der Waals surface area contributed by atoms with Gasteiger partial charge in [-0.15, -0.1) is 0 Å².